The molecule has 0 aliphatic carbocycles. The highest BCUT2D eigenvalue weighted by Gasteiger charge is 2.11. The SMILES string of the molecule is O=C(CCCCCCCCC(=O)N/N=C/c1ccc([N+](=O)[O-])o1)N/N=C/c1ccc([N+](=O)[O-])o1. The van der Waals surface area contributed by atoms with E-state index in [0.717, 1.165) is 25.7 Å². The molecule has 2 aromatic rings. The third kappa shape index (κ3) is 9.84. The number of carbonyl (C=O) groups excluding carboxylic acids is 2. The quantitative estimate of drug-likeness (QED) is 0.169. The Morgan fingerprint density at radius 3 is 1.47 bits per heavy atom. The molecule has 0 radical (unpaired) electrons. The summed E-state index contributed by atoms with van der Waals surface area (Å²) in [6.07, 6.45) is 7.91. The minimum Gasteiger partial charge on any atom is -0.400 e. The number of unbranched alkanes of at least 4 members (excludes halogenated alkanes) is 5. The largest absolute Gasteiger partial charge is 0.433 e. The second-order valence-corrected chi connectivity index (χ2v) is 7.07. The maximum atomic E-state index is 11.7. The monoisotopic (exact) mass is 476 g/mol. The van der Waals surface area contributed by atoms with Crippen LogP contribution in [-0.2, 0) is 9.59 Å². The maximum absolute atomic E-state index is 11.7. The van der Waals surface area contributed by atoms with E-state index in [1.807, 2.05) is 0 Å². The fourth-order valence-corrected chi connectivity index (χ4v) is 2.75. The zero-order valence-electron chi connectivity index (χ0n) is 18.2. The number of furan rings is 2. The molecule has 0 aliphatic rings. The number of hydrazone groups is 2. The Hall–Kier alpha value is -4.36. The molecule has 0 saturated carbocycles. The van der Waals surface area contributed by atoms with E-state index in [-0.39, 0.29) is 23.3 Å². The Balaban J connectivity index is 1.45. The van der Waals surface area contributed by atoms with E-state index in [2.05, 4.69) is 21.1 Å². The van der Waals surface area contributed by atoms with Gasteiger partial charge in [-0.2, -0.15) is 10.2 Å². The Kier molecular flexibility index (Phi) is 10.6. The van der Waals surface area contributed by atoms with Crippen molar-refractivity contribution in [1.29, 1.82) is 0 Å². The highest BCUT2D eigenvalue weighted by atomic mass is 16.7. The topological polar surface area (TPSA) is 195 Å². The molecular formula is C20H24N6O8. The molecule has 2 N–H and O–H groups in total. The van der Waals surface area contributed by atoms with E-state index in [1.165, 1.54) is 36.7 Å². The standard InChI is InChI=1S/C20H24N6O8/c27-17(23-21-13-15-9-11-19(33-15)25(29)30)7-5-3-1-2-4-6-8-18(28)24-22-14-16-10-12-20(34-16)26(31)32/h9-14H,1-8H2,(H,23,27)(H,24,28)/b21-13+,22-14+. The van der Waals surface area contributed by atoms with Crippen LogP contribution in [0.2, 0.25) is 0 Å². The van der Waals surface area contributed by atoms with Crippen molar-refractivity contribution in [2.24, 2.45) is 10.2 Å². The van der Waals surface area contributed by atoms with Gasteiger partial charge < -0.3 is 8.83 Å². The number of nitrogens with zero attached hydrogens (tertiary/aromatic N) is 4. The third-order valence-electron chi connectivity index (χ3n) is 4.40. The van der Waals surface area contributed by atoms with Crippen LogP contribution < -0.4 is 10.9 Å². The second-order valence-electron chi connectivity index (χ2n) is 7.07. The van der Waals surface area contributed by atoms with Gasteiger partial charge in [-0.3, -0.25) is 29.8 Å². The van der Waals surface area contributed by atoms with E-state index in [1.54, 1.807) is 0 Å². The Morgan fingerprint density at radius 1 is 0.735 bits per heavy atom. The maximum Gasteiger partial charge on any atom is 0.433 e. The zero-order chi connectivity index (χ0) is 24.8. The predicted molar refractivity (Wildman–Crippen MR) is 119 cm³/mol. The van der Waals surface area contributed by atoms with Gasteiger partial charge in [-0.05, 0) is 25.0 Å². The van der Waals surface area contributed by atoms with E-state index in [4.69, 9.17) is 8.83 Å². The van der Waals surface area contributed by atoms with Crippen LogP contribution in [0.15, 0.2) is 43.3 Å². The fraction of sp³-hybridized carbons (Fsp3) is 0.400. The van der Waals surface area contributed by atoms with Gasteiger partial charge >= 0.3 is 11.8 Å². The number of amides is 2. The van der Waals surface area contributed by atoms with Gasteiger partial charge in [0.25, 0.3) is 0 Å². The number of rotatable bonds is 15. The molecule has 0 aliphatic heterocycles. The molecule has 0 bridgehead atoms. The van der Waals surface area contributed by atoms with Crippen LogP contribution >= 0.6 is 0 Å². The first kappa shape index (κ1) is 25.9. The highest BCUT2D eigenvalue weighted by Crippen LogP contribution is 2.14. The van der Waals surface area contributed by atoms with Crippen molar-refractivity contribution in [3.05, 3.63) is 56.0 Å². The van der Waals surface area contributed by atoms with Gasteiger partial charge in [0.15, 0.2) is 11.5 Å². The van der Waals surface area contributed by atoms with Crippen molar-refractivity contribution >= 4 is 36.0 Å². The second kappa shape index (κ2) is 13.9. The molecule has 2 aromatic heterocycles. The van der Waals surface area contributed by atoms with Crippen molar-refractivity contribution in [3.8, 4) is 0 Å². The number of nitro groups is 2. The molecule has 2 heterocycles. The summed E-state index contributed by atoms with van der Waals surface area (Å²) >= 11 is 0. The van der Waals surface area contributed by atoms with Crippen molar-refractivity contribution in [1.82, 2.24) is 10.9 Å². The number of hydrogen-bond acceptors (Lipinski definition) is 10. The lowest BCUT2D eigenvalue weighted by Gasteiger charge is -2.02. The minimum atomic E-state index is -0.665. The van der Waals surface area contributed by atoms with Gasteiger partial charge in [0.2, 0.25) is 11.8 Å². The fourth-order valence-electron chi connectivity index (χ4n) is 2.75. The molecule has 0 atom stereocenters. The molecule has 0 spiro atoms. The van der Waals surface area contributed by atoms with Crippen LogP contribution in [-0.4, -0.2) is 34.1 Å². The average molecular weight is 476 g/mol. The molecule has 34 heavy (non-hydrogen) atoms. The summed E-state index contributed by atoms with van der Waals surface area (Å²) in [6, 6.07) is 5.15. The van der Waals surface area contributed by atoms with Gasteiger partial charge in [0.1, 0.15) is 9.85 Å². The van der Waals surface area contributed by atoms with E-state index >= 15 is 0 Å². The summed E-state index contributed by atoms with van der Waals surface area (Å²) in [4.78, 5) is 43.1. The molecule has 14 heteroatoms. The molecule has 2 amide bonds. The molecule has 182 valence electrons. The summed E-state index contributed by atoms with van der Waals surface area (Å²) in [7, 11) is 0. The van der Waals surface area contributed by atoms with Crippen LogP contribution in [0.4, 0.5) is 11.8 Å². The number of nitrogens with one attached hydrogen (secondary N) is 2. The molecule has 0 fully saturated rings. The van der Waals surface area contributed by atoms with Crippen LogP contribution in [0.5, 0.6) is 0 Å². The predicted octanol–water partition coefficient (Wildman–Crippen LogP) is 3.41. The average Bonchev–Trinajstić information content (AvgIpc) is 3.46. The zero-order valence-corrected chi connectivity index (χ0v) is 18.2. The molecular weight excluding hydrogens is 452 g/mol. The smallest absolute Gasteiger partial charge is 0.400 e. The molecule has 0 saturated heterocycles. The van der Waals surface area contributed by atoms with Gasteiger partial charge in [-0.1, -0.05) is 25.7 Å². The van der Waals surface area contributed by atoms with Crippen LogP contribution in [0.3, 0.4) is 0 Å². The Bertz CT molecular complexity index is 959. The van der Waals surface area contributed by atoms with Gasteiger partial charge in [-0.25, -0.2) is 10.9 Å². The summed E-state index contributed by atoms with van der Waals surface area (Å²) in [5.41, 5.74) is 4.67. The molecule has 0 unspecified atom stereocenters. The highest BCUT2D eigenvalue weighted by molar-refractivity contribution is 5.81. The van der Waals surface area contributed by atoms with Crippen LogP contribution in [0.1, 0.15) is 62.9 Å². The first-order chi connectivity index (χ1) is 16.3. The normalized spacial score (nSPS) is 11.2. The molecule has 14 nitrogen and oxygen atoms in total. The molecule has 2 rings (SSSR count). The van der Waals surface area contributed by atoms with Crippen molar-refractivity contribution < 1.29 is 28.3 Å². The Morgan fingerprint density at radius 2 is 1.12 bits per heavy atom. The van der Waals surface area contributed by atoms with Crippen molar-refractivity contribution in [2.45, 2.75) is 51.4 Å². The lowest BCUT2D eigenvalue weighted by molar-refractivity contribution is -0.402. The van der Waals surface area contributed by atoms with Crippen molar-refractivity contribution in [3.63, 3.8) is 0 Å². The Labute approximate surface area is 193 Å². The lowest BCUT2D eigenvalue weighted by Crippen LogP contribution is -2.17. The van der Waals surface area contributed by atoms with Crippen molar-refractivity contribution in [2.75, 3.05) is 0 Å². The summed E-state index contributed by atoms with van der Waals surface area (Å²) < 4.78 is 9.75. The third-order valence-corrected chi connectivity index (χ3v) is 4.40. The van der Waals surface area contributed by atoms with Crippen LogP contribution in [0, 0.1) is 20.2 Å². The number of hydrogen-bond donors (Lipinski definition) is 2. The van der Waals surface area contributed by atoms with E-state index in [0.29, 0.717) is 25.7 Å². The van der Waals surface area contributed by atoms with Gasteiger partial charge in [0.05, 0.1) is 24.6 Å². The van der Waals surface area contributed by atoms with Crippen LogP contribution in [0.25, 0.3) is 0 Å². The summed E-state index contributed by atoms with van der Waals surface area (Å²) in [5, 5.41) is 28.4. The minimum absolute atomic E-state index is 0.163. The summed E-state index contributed by atoms with van der Waals surface area (Å²) in [6.45, 7) is 0. The first-order valence-electron chi connectivity index (χ1n) is 10.5. The first-order valence-corrected chi connectivity index (χ1v) is 10.5. The van der Waals surface area contributed by atoms with E-state index < -0.39 is 21.6 Å². The molecule has 0 aromatic carbocycles. The lowest BCUT2D eigenvalue weighted by atomic mass is 10.1. The van der Waals surface area contributed by atoms with Gasteiger partial charge in [0, 0.05) is 12.8 Å². The van der Waals surface area contributed by atoms with Gasteiger partial charge in [-0.15, -0.1) is 0 Å². The van der Waals surface area contributed by atoms with E-state index in [9.17, 15) is 29.8 Å². The number of carbonyl (C=O) groups is 2. The summed E-state index contributed by atoms with van der Waals surface area (Å²) in [5.74, 6) is -1.01.